The van der Waals surface area contributed by atoms with Gasteiger partial charge in [-0.2, -0.15) is 0 Å². The molecule has 1 amide bonds. The third-order valence-corrected chi connectivity index (χ3v) is 6.00. The lowest BCUT2D eigenvalue weighted by Crippen LogP contribution is -2.55. The first-order valence-electron chi connectivity index (χ1n) is 9.40. The van der Waals surface area contributed by atoms with Crippen molar-refractivity contribution in [3.8, 4) is 0 Å². The maximum Gasteiger partial charge on any atom is 0.261 e. The number of nitrogens with zero attached hydrogens (tertiary/aromatic N) is 3. The molecule has 28 heavy (non-hydrogen) atoms. The van der Waals surface area contributed by atoms with Crippen LogP contribution < -0.4 is 0 Å². The predicted octanol–water partition coefficient (Wildman–Crippen LogP) is 3.83. The fourth-order valence-electron chi connectivity index (χ4n) is 3.92. The maximum absolute atomic E-state index is 13.6. The lowest BCUT2D eigenvalue weighted by molar-refractivity contribution is 0.0570. The van der Waals surface area contributed by atoms with Crippen LogP contribution in [0.3, 0.4) is 0 Å². The SMILES string of the molecule is Cc1ccccc1C(=O)N1C(=S)C(c2ccc(F)cc2)=NC12CCN(C)CC2. The van der Waals surface area contributed by atoms with E-state index in [4.69, 9.17) is 17.2 Å². The van der Waals surface area contributed by atoms with Gasteiger partial charge in [-0.1, -0.05) is 30.4 Å². The van der Waals surface area contributed by atoms with Gasteiger partial charge in [0.05, 0.1) is 0 Å². The molecule has 144 valence electrons. The van der Waals surface area contributed by atoms with Gasteiger partial charge in [0.2, 0.25) is 0 Å². The van der Waals surface area contributed by atoms with Crippen molar-refractivity contribution in [2.45, 2.75) is 25.4 Å². The number of benzene rings is 2. The summed E-state index contributed by atoms with van der Waals surface area (Å²) >= 11 is 5.75. The van der Waals surface area contributed by atoms with Gasteiger partial charge in [0.1, 0.15) is 22.2 Å². The molecule has 0 unspecified atom stereocenters. The van der Waals surface area contributed by atoms with Gasteiger partial charge >= 0.3 is 0 Å². The maximum atomic E-state index is 13.6. The van der Waals surface area contributed by atoms with E-state index in [2.05, 4.69) is 11.9 Å². The van der Waals surface area contributed by atoms with Crippen LogP contribution >= 0.6 is 12.2 Å². The molecule has 4 nitrogen and oxygen atoms in total. The molecule has 0 atom stereocenters. The number of carbonyl (C=O) groups is 1. The minimum atomic E-state index is -0.674. The van der Waals surface area contributed by atoms with Crippen LogP contribution in [0.2, 0.25) is 0 Å². The van der Waals surface area contributed by atoms with E-state index in [0.29, 0.717) is 29.1 Å². The van der Waals surface area contributed by atoms with Crippen LogP contribution in [0.25, 0.3) is 0 Å². The Hall–Kier alpha value is -2.44. The number of aliphatic imine (C=N–C) groups is 1. The predicted molar refractivity (Wildman–Crippen MR) is 112 cm³/mol. The van der Waals surface area contributed by atoms with E-state index < -0.39 is 5.66 Å². The monoisotopic (exact) mass is 395 g/mol. The van der Waals surface area contributed by atoms with E-state index in [-0.39, 0.29) is 11.7 Å². The highest BCUT2D eigenvalue weighted by Crippen LogP contribution is 2.38. The summed E-state index contributed by atoms with van der Waals surface area (Å²) in [7, 11) is 2.07. The van der Waals surface area contributed by atoms with E-state index in [1.54, 1.807) is 17.0 Å². The number of hydrogen-bond acceptors (Lipinski definition) is 4. The molecule has 2 heterocycles. The Labute approximate surface area is 169 Å². The van der Waals surface area contributed by atoms with Crippen LogP contribution in [0.4, 0.5) is 4.39 Å². The zero-order chi connectivity index (χ0) is 19.9. The Morgan fingerprint density at radius 1 is 1.11 bits per heavy atom. The van der Waals surface area contributed by atoms with Crippen LogP contribution in [-0.2, 0) is 0 Å². The Balaban J connectivity index is 1.78. The third kappa shape index (κ3) is 3.16. The fourth-order valence-corrected chi connectivity index (χ4v) is 4.34. The summed E-state index contributed by atoms with van der Waals surface area (Å²) < 4.78 is 13.4. The lowest BCUT2D eigenvalue weighted by Gasteiger charge is -2.41. The van der Waals surface area contributed by atoms with Gasteiger partial charge in [0, 0.05) is 37.1 Å². The molecular weight excluding hydrogens is 373 g/mol. The second kappa shape index (κ2) is 7.18. The zero-order valence-electron chi connectivity index (χ0n) is 16.0. The van der Waals surface area contributed by atoms with Crippen LogP contribution in [0.15, 0.2) is 53.5 Å². The topological polar surface area (TPSA) is 35.9 Å². The Bertz CT molecular complexity index is 962. The molecule has 2 aliphatic rings. The quantitative estimate of drug-likeness (QED) is 0.725. The van der Waals surface area contributed by atoms with Gasteiger partial charge in [-0.3, -0.25) is 14.7 Å². The van der Waals surface area contributed by atoms with Crippen LogP contribution in [0.5, 0.6) is 0 Å². The van der Waals surface area contributed by atoms with Gasteiger partial charge < -0.3 is 4.90 Å². The molecule has 0 aliphatic carbocycles. The number of hydrogen-bond donors (Lipinski definition) is 0. The van der Waals surface area contributed by atoms with E-state index in [1.165, 1.54) is 12.1 Å². The molecular formula is C22H22FN3OS. The molecule has 0 saturated carbocycles. The number of likely N-dealkylation sites (tertiary alicyclic amines) is 1. The molecule has 0 radical (unpaired) electrons. The van der Waals surface area contributed by atoms with Crippen molar-refractivity contribution in [2.24, 2.45) is 4.99 Å². The normalized spacial score (nSPS) is 19.2. The van der Waals surface area contributed by atoms with Crippen molar-refractivity contribution in [1.29, 1.82) is 0 Å². The average Bonchev–Trinajstić information content (AvgIpc) is 2.97. The van der Waals surface area contributed by atoms with Crippen molar-refractivity contribution in [3.05, 3.63) is 71.0 Å². The molecule has 1 fully saturated rings. The molecule has 2 aromatic carbocycles. The van der Waals surface area contributed by atoms with Gasteiger partial charge in [0.15, 0.2) is 0 Å². The van der Waals surface area contributed by atoms with E-state index in [9.17, 15) is 9.18 Å². The molecule has 0 N–H and O–H groups in total. The van der Waals surface area contributed by atoms with Gasteiger partial charge in [0.25, 0.3) is 5.91 Å². The number of carbonyl (C=O) groups excluding carboxylic acids is 1. The van der Waals surface area contributed by atoms with Crippen LogP contribution in [-0.4, -0.2) is 52.2 Å². The summed E-state index contributed by atoms with van der Waals surface area (Å²) in [6.45, 7) is 3.59. The number of halogens is 1. The summed E-state index contributed by atoms with van der Waals surface area (Å²) in [5.74, 6) is -0.427. The molecule has 2 aliphatic heterocycles. The number of rotatable bonds is 2. The molecule has 1 spiro atoms. The number of thiocarbonyl (C=S) groups is 1. The van der Waals surface area contributed by atoms with E-state index in [0.717, 1.165) is 24.2 Å². The second-order valence-electron chi connectivity index (χ2n) is 7.51. The number of aryl methyl sites for hydroxylation is 1. The highest BCUT2D eigenvalue weighted by molar-refractivity contribution is 7.82. The largest absolute Gasteiger partial charge is 0.306 e. The first-order chi connectivity index (χ1) is 13.4. The summed E-state index contributed by atoms with van der Waals surface area (Å²) in [5.41, 5.74) is 2.21. The minimum absolute atomic E-state index is 0.117. The molecule has 2 aromatic rings. The number of amides is 1. The second-order valence-corrected chi connectivity index (χ2v) is 7.90. The van der Waals surface area contributed by atoms with Crippen molar-refractivity contribution >= 4 is 28.8 Å². The van der Waals surface area contributed by atoms with Crippen molar-refractivity contribution < 1.29 is 9.18 Å². The molecule has 4 rings (SSSR count). The molecule has 1 saturated heterocycles. The van der Waals surface area contributed by atoms with Crippen molar-refractivity contribution in [1.82, 2.24) is 9.80 Å². The highest BCUT2D eigenvalue weighted by atomic mass is 32.1. The first kappa shape index (κ1) is 18.9. The smallest absolute Gasteiger partial charge is 0.261 e. The summed E-state index contributed by atoms with van der Waals surface area (Å²) in [5, 5.41) is 0. The lowest BCUT2D eigenvalue weighted by atomic mass is 9.95. The third-order valence-electron chi connectivity index (χ3n) is 5.63. The fraction of sp³-hybridized carbons (Fsp3) is 0.318. The van der Waals surface area contributed by atoms with Crippen molar-refractivity contribution in [3.63, 3.8) is 0 Å². The Kier molecular flexibility index (Phi) is 4.85. The Morgan fingerprint density at radius 3 is 2.39 bits per heavy atom. The van der Waals surface area contributed by atoms with Gasteiger partial charge in [-0.05, 0) is 49.9 Å². The Morgan fingerprint density at radius 2 is 1.75 bits per heavy atom. The van der Waals surface area contributed by atoms with Crippen LogP contribution in [0, 0.1) is 12.7 Å². The summed E-state index contributed by atoms with van der Waals surface area (Å²) in [6.07, 6.45) is 1.43. The standard InChI is InChI=1S/C22H22FN3OS/c1-15-5-3-4-6-18(15)20(27)26-21(28)19(16-7-9-17(23)10-8-16)24-22(26)11-13-25(2)14-12-22/h3-10H,11-14H2,1-2H3. The molecule has 0 aromatic heterocycles. The summed E-state index contributed by atoms with van der Waals surface area (Å²) in [6, 6.07) is 13.7. The average molecular weight is 396 g/mol. The van der Waals surface area contributed by atoms with Crippen LogP contribution in [0.1, 0.15) is 34.3 Å². The van der Waals surface area contributed by atoms with Gasteiger partial charge in [-0.25, -0.2) is 4.39 Å². The van der Waals surface area contributed by atoms with Crippen molar-refractivity contribution in [2.75, 3.05) is 20.1 Å². The highest BCUT2D eigenvalue weighted by Gasteiger charge is 2.49. The molecule has 0 bridgehead atoms. The van der Waals surface area contributed by atoms with E-state index in [1.807, 2.05) is 31.2 Å². The van der Waals surface area contributed by atoms with Gasteiger partial charge in [-0.15, -0.1) is 0 Å². The molecule has 6 heteroatoms. The first-order valence-corrected chi connectivity index (χ1v) is 9.81. The zero-order valence-corrected chi connectivity index (χ0v) is 16.8. The summed E-state index contributed by atoms with van der Waals surface area (Å²) in [4.78, 5) is 22.9. The number of piperidine rings is 1. The minimum Gasteiger partial charge on any atom is -0.306 e. The van der Waals surface area contributed by atoms with E-state index >= 15 is 0 Å².